The number of aromatic nitrogens is 4. The first-order chi connectivity index (χ1) is 33.6. The number of primary sulfonamides is 1. The van der Waals surface area contributed by atoms with E-state index in [0.717, 1.165) is 30.4 Å². The fourth-order valence-corrected chi connectivity index (χ4v) is 10.8. The van der Waals surface area contributed by atoms with E-state index in [1.54, 1.807) is 41.5 Å². The van der Waals surface area contributed by atoms with Gasteiger partial charge >= 0.3 is 41.7 Å². The standard InChI is InChI=1S/C13H14NO.C12H20N4O5S.C12H18N3O5S.C12H15N.H3N.Na/c15-8-14-13-11-5-1-3-9(11)7-10-4-2-6-12(10)13;1-12(2,3)21-11(17)14-4-8-6-16-10(20-7-8)9(5-15-16)22(13,18)19;1-12(2,3)20-11(16)13-4-8-6-15-10(19-7-8)9(5-14-15)21(17)18;13-12-10-5-1-3-8(10)7-9-4-2-6-11(9)12;;/h7H,1-6H2,(H,14,15);5,8H,4,6-7H2,1-3H3,(H,14,17)(H2,13,18,19);5,8H,4,6-7H2,1-3H3,(H,13,16);7H,1-6,13H2;1H3;/q-1;;-1;;;+1. The van der Waals surface area contributed by atoms with Gasteiger partial charge in [-0.3, -0.25) is 0 Å². The third kappa shape index (κ3) is 15.3. The molecular formula is C49H70N10NaO11S2-. The van der Waals surface area contributed by atoms with Crippen LogP contribution in [0.2, 0.25) is 0 Å². The van der Waals surface area contributed by atoms with E-state index in [4.69, 9.17) is 29.8 Å². The van der Waals surface area contributed by atoms with Crippen molar-refractivity contribution in [3.63, 3.8) is 0 Å². The molecule has 4 heterocycles. The number of carbonyl (C=O) groups is 2. The molecule has 0 radical (unpaired) electrons. The molecule has 4 aliphatic carbocycles. The summed E-state index contributed by atoms with van der Waals surface area (Å²) >= 11 is 0. The number of rotatable bonds is 8. The van der Waals surface area contributed by atoms with Crippen molar-refractivity contribution in [3.05, 3.63) is 69.0 Å². The molecule has 396 valence electrons. The van der Waals surface area contributed by atoms with Crippen LogP contribution in [0, 0.1) is 11.8 Å². The zero-order valence-corrected chi connectivity index (χ0v) is 46.8. The van der Waals surface area contributed by atoms with Gasteiger partial charge in [0.05, 0.1) is 38.9 Å². The second kappa shape index (κ2) is 25.1. The summed E-state index contributed by atoms with van der Waals surface area (Å²) < 4.78 is 68.7. The van der Waals surface area contributed by atoms with Crippen LogP contribution in [-0.4, -0.2) is 84.1 Å². The first-order valence-corrected chi connectivity index (χ1v) is 26.8. The summed E-state index contributed by atoms with van der Waals surface area (Å²) in [5, 5.41) is 21.1. The maximum absolute atomic E-state index is 11.6. The molecule has 4 aromatic rings. The van der Waals surface area contributed by atoms with Crippen LogP contribution < -0.4 is 72.0 Å². The second-order valence-corrected chi connectivity index (χ2v) is 23.1. The molecule has 10 N–H and O–H groups in total. The molecule has 10 rings (SSSR count). The molecule has 0 spiro atoms. The minimum Gasteiger partial charge on any atom is -0.490 e. The molecule has 0 saturated heterocycles. The summed E-state index contributed by atoms with van der Waals surface area (Å²) in [6.07, 6.45) is 17.9. The molecule has 0 bridgehead atoms. The maximum Gasteiger partial charge on any atom is 1.00 e. The molecule has 73 heavy (non-hydrogen) atoms. The third-order valence-electron chi connectivity index (χ3n) is 12.8. The number of nitrogen functional groups attached to an aromatic ring is 1. The number of nitrogens with one attached hydrogen (secondary N) is 3. The number of hydrogen-bond acceptors (Lipinski definition) is 16. The third-order valence-corrected chi connectivity index (χ3v) is 14.3. The summed E-state index contributed by atoms with van der Waals surface area (Å²) in [5.74, 6) is 0.332. The van der Waals surface area contributed by atoms with Crippen LogP contribution in [0.5, 0.6) is 11.8 Å². The summed E-state index contributed by atoms with van der Waals surface area (Å²) in [4.78, 5) is 33.6. The number of hydrogen-bond donors (Lipinski definition) is 6. The number of fused-ring (bicyclic) bond motifs is 6. The quantitative estimate of drug-likeness (QED) is 0.0486. The Balaban J connectivity index is 0.000000182. The van der Waals surface area contributed by atoms with Crippen LogP contribution in [0.15, 0.2) is 34.3 Å². The molecule has 2 aromatic heterocycles. The van der Waals surface area contributed by atoms with Crippen LogP contribution in [0.25, 0.3) is 0 Å². The monoisotopic (exact) mass is 1060 g/mol. The molecule has 2 aromatic carbocycles. The zero-order valence-electron chi connectivity index (χ0n) is 43.1. The summed E-state index contributed by atoms with van der Waals surface area (Å²) in [5.41, 5.74) is 19.0. The van der Waals surface area contributed by atoms with Crippen molar-refractivity contribution in [2.24, 2.45) is 17.0 Å². The van der Waals surface area contributed by atoms with Gasteiger partial charge in [-0.2, -0.15) is 10.2 Å². The van der Waals surface area contributed by atoms with Crippen LogP contribution >= 0.6 is 0 Å². The summed E-state index contributed by atoms with van der Waals surface area (Å²) in [7, 11) is -6.23. The van der Waals surface area contributed by atoms with Crippen molar-refractivity contribution in [1.29, 1.82) is 0 Å². The number of carbonyl (C=O) groups excluding carboxylic acids is 3. The number of anilines is 2. The number of aryl methyl sites for hydroxylation is 4. The van der Waals surface area contributed by atoms with Crippen LogP contribution in [-0.2, 0) is 108 Å². The van der Waals surface area contributed by atoms with E-state index in [0.29, 0.717) is 32.8 Å². The van der Waals surface area contributed by atoms with Crippen LogP contribution in [0.4, 0.5) is 21.0 Å². The smallest absolute Gasteiger partial charge is 0.490 e. The molecule has 21 nitrogen and oxygen atoms in total. The topological polar surface area (TPSA) is 315 Å². The molecule has 2 unspecified atom stereocenters. The Morgan fingerprint density at radius 1 is 0.726 bits per heavy atom. The number of benzene rings is 2. The van der Waals surface area contributed by atoms with Crippen molar-refractivity contribution in [3.8, 4) is 11.8 Å². The van der Waals surface area contributed by atoms with E-state index in [2.05, 4.69) is 38.3 Å². The Morgan fingerprint density at radius 2 is 1.14 bits per heavy atom. The number of nitrogens with two attached hydrogens (primary N) is 2. The van der Waals surface area contributed by atoms with Crippen LogP contribution in [0.3, 0.4) is 0 Å². The van der Waals surface area contributed by atoms with E-state index in [9.17, 15) is 31.2 Å². The SMILES string of the molecule is CC(C)(C)OC(=O)NCC1COc2c(S(N)(=O)=O)cnn2C1.CC(C)(C)OC(=O)NCC1COc2c([S-](=O)=O)cnn2C1.N.Nc1c2c(cc3c1CCC3)CCC2.O=[C-]Nc1c2c(cc3c1CCC3)CCC2.[Na+]. The molecular weight excluding hydrogens is 992 g/mol. The van der Waals surface area contributed by atoms with Crippen molar-refractivity contribution in [2.45, 2.75) is 153 Å². The molecule has 6 aliphatic rings. The van der Waals surface area contributed by atoms with Gasteiger partial charge in [0, 0.05) is 41.7 Å². The van der Waals surface area contributed by atoms with E-state index in [1.165, 1.54) is 124 Å². The largest absolute Gasteiger partial charge is 1.00 e. The van der Waals surface area contributed by atoms with Gasteiger partial charge in [-0.05, 0) is 152 Å². The van der Waals surface area contributed by atoms with Crippen LogP contribution in [0.1, 0.15) is 112 Å². The predicted molar refractivity (Wildman–Crippen MR) is 269 cm³/mol. The van der Waals surface area contributed by atoms with Gasteiger partial charge in [-0.25, -0.2) is 32.5 Å². The number of nitrogens with zero attached hydrogens (tertiary/aromatic N) is 4. The first kappa shape index (κ1) is 59.0. The Labute approximate surface area is 451 Å². The van der Waals surface area contributed by atoms with Gasteiger partial charge < -0.3 is 60.0 Å². The average Bonchev–Trinajstić information content (AvgIpc) is 4.15. The van der Waals surface area contributed by atoms with Gasteiger partial charge in [0.1, 0.15) is 11.2 Å². The fourth-order valence-electron chi connectivity index (χ4n) is 9.77. The van der Waals surface area contributed by atoms with Gasteiger partial charge in [-0.15, -0.1) is 16.8 Å². The van der Waals surface area contributed by atoms with Crippen molar-refractivity contribution < 1.29 is 79.7 Å². The summed E-state index contributed by atoms with van der Waals surface area (Å²) in [6, 6.07) is 4.78. The van der Waals surface area contributed by atoms with Gasteiger partial charge in [0.15, 0.2) is 10.8 Å². The first-order valence-electron chi connectivity index (χ1n) is 24.2. The maximum atomic E-state index is 11.6. The van der Waals surface area contributed by atoms with E-state index < -0.39 is 44.1 Å². The number of sulfonamides is 1. The Hall–Kier alpha value is -4.91. The average molecular weight is 1060 g/mol. The van der Waals surface area contributed by atoms with Crippen molar-refractivity contribution in [2.75, 3.05) is 37.4 Å². The minimum atomic E-state index is -3.86. The Kier molecular flexibility index (Phi) is 20.3. The zero-order chi connectivity index (χ0) is 51.3. The second-order valence-electron chi connectivity index (χ2n) is 20.6. The van der Waals surface area contributed by atoms with Gasteiger partial charge in [0.2, 0.25) is 15.9 Å². The van der Waals surface area contributed by atoms with Gasteiger partial charge in [-0.1, -0.05) is 23.3 Å². The fraction of sp³-hybridized carbons (Fsp3) is 0.571. The molecule has 3 amide bonds. The number of amides is 3. The normalized spacial score (nSPS) is 17.6. The van der Waals surface area contributed by atoms with E-state index in [-0.39, 0.29) is 75.7 Å². The molecule has 24 heteroatoms. The molecule has 0 saturated carbocycles. The van der Waals surface area contributed by atoms with Gasteiger partial charge in [0.25, 0.3) is 0 Å². The van der Waals surface area contributed by atoms with E-state index in [1.807, 2.05) is 6.41 Å². The minimum absolute atomic E-state index is 0. The van der Waals surface area contributed by atoms with Crippen molar-refractivity contribution in [1.82, 2.24) is 36.3 Å². The molecule has 2 aliphatic heterocycles. The number of ether oxygens (including phenoxy) is 4. The molecule has 2 atom stereocenters. The Morgan fingerprint density at radius 3 is 1.56 bits per heavy atom. The number of alkyl carbamates (subject to hydrolysis) is 2. The van der Waals surface area contributed by atoms with E-state index >= 15 is 0 Å². The molecule has 0 fully saturated rings. The van der Waals surface area contributed by atoms with Crippen molar-refractivity contribution >= 4 is 50.7 Å². The Bertz CT molecular complexity index is 2750. The predicted octanol–water partition coefficient (Wildman–Crippen LogP) is 2.70. The summed E-state index contributed by atoms with van der Waals surface area (Å²) in [6.45, 7) is 12.9.